The first-order valence-electron chi connectivity index (χ1n) is 9.65. The van der Waals surface area contributed by atoms with E-state index in [1.54, 1.807) is 19.1 Å². The van der Waals surface area contributed by atoms with Crippen LogP contribution in [0.25, 0.3) is 32.3 Å². The monoisotopic (exact) mass is 417 g/mol. The number of nitrogens with two attached hydrogens (primary N) is 2. The minimum absolute atomic E-state index is 0.0307. The second kappa shape index (κ2) is 7.02. The Hall–Kier alpha value is -4.07. The van der Waals surface area contributed by atoms with Gasteiger partial charge in [0.25, 0.3) is 11.1 Å². The minimum Gasteiger partial charge on any atom is -0.397 e. The Morgan fingerprint density at radius 1 is 0.871 bits per heavy atom. The van der Waals surface area contributed by atoms with Crippen molar-refractivity contribution in [1.29, 1.82) is 0 Å². The molecule has 4 aromatic rings. The summed E-state index contributed by atoms with van der Waals surface area (Å²) in [5.41, 5.74) is 9.82. The van der Waals surface area contributed by atoms with Crippen LogP contribution in [0.15, 0.2) is 55.6 Å². The van der Waals surface area contributed by atoms with Gasteiger partial charge in [-0.3, -0.25) is 28.5 Å². The molecule has 0 radical (unpaired) electrons. The van der Waals surface area contributed by atoms with Gasteiger partial charge in [-0.1, -0.05) is 30.8 Å². The Bertz CT molecular complexity index is 1550. The topological polar surface area (TPSA) is 142 Å². The molecule has 0 aliphatic rings. The molecule has 3 aromatic carbocycles. The molecule has 0 aliphatic carbocycles. The summed E-state index contributed by atoms with van der Waals surface area (Å²) in [4.78, 5) is 63.8. The van der Waals surface area contributed by atoms with Crippen LogP contribution in [0.1, 0.15) is 19.8 Å². The predicted octanol–water partition coefficient (Wildman–Crippen LogP) is 1.35. The molecular formula is C23H19N3O5. The Morgan fingerprint density at radius 3 is 1.74 bits per heavy atom. The van der Waals surface area contributed by atoms with Crippen LogP contribution >= 0.6 is 0 Å². The molecular weight excluding hydrogens is 398 g/mol. The lowest BCUT2D eigenvalue weighted by atomic mass is 9.97. The molecule has 0 bridgehead atoms. The fourth-order valence-electron chi connectivity index (χ4n) is 4.03. The summed E-state index contributed by atoms with van der Waals surface area (Å²) in [6, 6.07) is 6.23. The first-order chi connectivity index (χ1) is 14.7. The SMILES string of the molecule is C=C(C)C(=O)CCCn1c(=O)c2c(N)c3c(=O)c4ccccc4c(=O)c3c(N)c2c1=O. The molecule has 8 heteroatoms. The van der Waals surface area contributed by atoms with E-state index in [2.05, 4.69) is 6.58 Å². The van der Waals surface area contributed by atoms with Crippen molar-refractivity contribution in [1.82, 2.24) is 4.57 Å². The Morgan fingerprint density at radius 2 is 1.32 bits per heavy atom. The first kappa shape index (κ1) is 20.2. The summed E-state index contributed by atoms with van der Waals surface area (Å²) < 4.78 is 0.941. The molecule has 8 nitrogen and oxygen atoms in total. The van der Waals surface area contributed by atoms with E-state index < -0.39 is 22.0 Å². The molecule has 1 aromatic heterocycles. The summed E-state index contributed by atoms with van der Waals surface area (Å²) in [6.07, 6.45) is 0.358. The normalized spacial score (nSPS) is 11.5. The molecule has 0 unspecified atom stereocenters. The number of rotatable bonds is 5. The van der Waals surface area contributed by atoms with E-state index in [4.69, 9.17) is 11.5 Å². The summed E-state index contributed by atoms with van der Waals surface area (Å²) in [7, 11) is 0. The number of allylic oxidation sites excluding steroid dienone is 1. The highest BCUT2D eigenvalue weighted by atomic mass is 16.2. The summed E-state index contributed by atoms with van der Waals surface area (Å²) in [6.45, 7) is 5.13. The largest absolute Gasteiger partial charge is 0.397 e. The number of Topliss-reactive ketones (excluding diaryl/α,β-unsaturated/α-hetero) is 1. The van der Waals surface area contributed by atoms with Gasteiger partial charge in [0.15, 0.2) is 16.6 Å². The van der Waals surface area contributed by atoms with Crippen LogP contribution < -0.4 is 33.4 Å². The zero-order chi connectivity index (χ0) is 22.6. The van der Waals surface area contributed by atoms with Crippen LogP contribution in [-0.2, 0) is 11.3 Å². The average molecular weight is 417 g/mol. The highest BCUT2D eigenvalue weighted by Gasteiger charge is 2.25. The number of nitrogen functional groups attached to an aromatic ring is 2. The van der Waals surface area contributed by atoms with Gasteiger partial charge in [0, 0.05) is 23.7 Å². The summed E-state index contributed by atoms with van der Waals surface area (Å²) in [5, 5.41) is -0.321. The molecule has 0 atom stereocenters. The second-order valence-corrected chi connectivity index (χ2v) is 7.60. The van der Waals surface area contributed by atoms with Gasteiger partial charge in [0.1, 0.15) is 0 Å². The van der Waals surface area contributed by atoms with Crippen LogP contribution in [0.2, 0.25) is 0 Å². The number of nitrogens with zero attached hydrogens (tertiary/aromatic N) is 1. The quantitative estimate of drug-likeness (QED) is 0.216. The van der Waals surface area contributed by atoms with Crippen molar-refractivity contribution in [3.63, 3.8) is 0 Å². The van der Waals surface area contributed by atoms with E-state index in [1.165, 1.54) is 12.1 Å². The van der Waals surface area contributed by atoms with Crippen LogP contribution in [0.5, 0.6) is 0 Å². The zero-order valence-electron chi connectivity index (χ0n) is 16.8. The summed E-state index contributed by atoms with van der Waals surface area (Å²) >= 11 is 0. The first-order valence-corrected chi connectivity index (χ1v) is 9.65. The smallest absolute Gasteiger partial charge is 0.263 e. The molecule has 1 heterocycles. The number of ketones is 1. The van der Waals surface area contributed by atoms with E-state index in [0.29, 0.717) is 5.57 Å². The number of hydrogen-bond acceptors (Lipinski definition) is 7. The Kier molecular flexibility index (Phi) is 4.57. The molecule has 156 valence electrons. The van der Waals surface area contributed by atoms with Crippen molar-refractivity contribution in [2.45, 2.75) is 26.3 Å². The van der Waals surface area contributed by atoms with Crippen LogP contribution in [0.3, 0.4) is 0 Å². The maximum atomic E-state index is 13.1. The van der Waals surface area contributed by atoms with E-state index in [0.717, 1.165) is 4.57 Å². The van der Waals surface area contributed by atoms with E-state index in [1.807, 2.05) is 0 Å². The highest BCUT2D eigenvalue weighted by Crippen LogP contribution is 2.31. The van der Waals surface area contributed by atoms with Gasteiger partial charge in [-0.2, -0.15) is 0 Å². The second-order valence-electron chi connectivity index (χ2n) is 7.60. The maximum Gasteiger partial charge on any atom is 0.263 e. The lowest BCUT2D eigenvalue weighted by Crippen LogP contribution is -2.26. The van der Waals surface area contributed by atoms with Gasteiger partial charge in [-0.05, 0) is 18.9 Å². The van der Waals surface area contributed by atoms with Crippen molar-refractivity contribution in [2.24, 2.45) is 0 Å². The molecule has 0 saturated heterocycles. The maximum absolute atomic E-state index is 13.1. The zero-order valence-corrected chi connectivity index (χ0v) is 16.8. The molecule has 0 amide bonds. The third-order valence-corrected chi connectivity index (χ3v) is 5.63. The number of anilines is 2. The van der Waals surface area contributed by atoms with Gasteiger partial charge in [0.05, 0.1) is 32.9 Å². The number of benzene rings is 3. The van der Waals surface area contributed by atoms with Crippen LogP contribution in [0, 0.1) is 0 Å². The Balaban J connectivity index is 2.05. The van der Waals surface area contributed by atoms with Gasteiger partial charge in [-0.15, -0.1) is 0 Å². The number of aromatic nitrogens is 1. The fourth-order valence-corrected chi connectivity index (χ4v) is 4.03. The summed E-state index contributed by atoms with van der Waals surface area (Å²) in [5.74, 6) is -0.167. The molecule has 31 heavy (non-hydrogen) atoms. The van der Waals surface area contributed by atoms with Crippen molar-refractivity contribution in [3.8, 4) is 0 Å². The number of fused-ring (bicyclic) bond motifs is 3. The minimum atomic E-state index is -0.700. The van der Waals surface area contributed by atoms with E-state index >= 15 is 0 Å². The van der Waals surface area contributed by atoms with E-state index in [9.17, 15) is 24.0 Å². The molecule has 0 spiro atoms. The molecule has 0 fully saturated rings. The average Bonchev–Trinajstić information content (AvgIpc) is 2.99. The van der Waals surface area contributed by atoms with Gasteiger partial charge in [-0.25, -0.2) is 0 Å². The standard InChI is InChI=1S/C23H19N3O5/c1-10(2)13(27)8-5-9-26-22(30)16-17(23(26)31)19(25)15-14(18(16)24)20(28)11-6-3-4-7-12(11)21(15)29/h3-4,6-7H,1,5,8-9,24-25H2,2H3. The molecule has 0 aliphatic heterocycles. The molecule has 4 rings (SSSR count). The highest BCUT2D eigenvalue weighted by molar-refractivity contribution is 6.20. The van der Waals surface area contributed by atoms with Gasteiger partial charge >= 0.3 is 0 Å². The van der Waals surface area contributed by atoms with E-state index in [-0.39, 0.29) is 68.9 Å². The fraction of sp³-hybridized carbons (Fsp3) is 0.174. The van der Waals surface area contributed by atoms with Crippen molar-refractivity contribution < 1.29 is 4.79 Å². The van der Waals surface area contributed by atoms with Crippen molar-refractivity contribution in [2.75, 3.05) is 11.5 Å². The third kappa shape index (κ3) is 2.79. The van der Waals surface area contributed by atoms with Gasteiger partial charge in [0.2, 0.25) is 0 Å². The van der Waals surface area contributed by atoms with Gasteiger partial charge < -0.3 is 11.5 Å². The van der Waals surface area contributed by atoms with Crippen molar-refractivity contribution in [3.05, 3.63) is 77.6 Å². The number of carbonyl (C=O) groups is 1. The Labute approximate surface area is 174 Å². The third-order valence-electron chi connectivity index (χ3n) is 5.63. The number of hydrogen-bond donors (Lipinski definition) is 2. The molecule has 4 N–H and O–H groups in total. The lowest BCUT2D eigenvalue weighted by molar-refractivity contribution is -0.115. The lowest BCUT2D eigenvalue weighted by Gasteiger charge is -2.07. The molecule has 0 saturated carbocycles. The predicted molar refractivity (Wildman–Crippen MR) is 122 cm³/mol. The van der Waals surface area contributed by atoms with Crippen molar-refractivity contribution >= 4 is 49.5 Å². The van der Waals surface area contributed by atoms with Crippen LogP contribution in [0.4, 0.5) is 11.4 Å². The number of carbonyl (C=O) groups excluding carboxylic acids is 1. The van der Waals surface area contributed by atoms with Crippen LogP contribution in [-0.4, -0.2) is 10.4 Å².